The van der Waals surface area contributed by atoms with Crippen LogP contribution in [0.2, 0.25) is 0 Å². The third-order valence-corrected chi connectivity index (χ3v) is 9.10. The van der Waals surface area contributed by atoms with Crippen LogP contribution in [0.1, 0.15) is 41.8 Å². The zero-order valence-electron chi connectivity index (χ0n) is 25.1. The number of Topliss-reactive ketones (excluding diaryl/α,β-unsaturated/α-hetero) is 1. The molecule has 1 amide bonds. The molecule has 1 fully saturated rings. The van der Waals surface area contributed by atoms with E-state index < -0.39 is 24.2 Å². The summed E-state index contributed by atoms with van der Waals surface area (Å²) >= 11 is 0. The number of hydrogen-bond acceptors (Lipinski definition) is 7. The van der Waals surface area contributed by atoms with Crippen molar-refractivity contribution in [1.82, 2.24) is 15.1 Å². The molecule has 4 aromatic rings. The number of aliphatic hydroxyl groups excluding tert-OH is 2. The van der Waals surface area contributed by atoms with Gasteiger partial charge in [-0.25, -0.2) is 0 Å². The molecule has 0 saturated carbocycles. The molecule has 5 atom stereocenters. The third kappa shape index (κ3) is 6.94. The van der Waals surface area contributed by atoms with Crippen LogP contribution in [0.3, 0.4) is 0 Å². The van der Waals surface area contributed by atoms with Gasteiger partial charge in [-0.1, -0.05) is 72.8 Å². The summed E-state index contributed by atoms with van der Waals surface area (Å²) < 4.78 is 6.01. The van der Waals surface area contributed by atoms with E-state index in [1.807, 2.05) is 78.9 Å². The van der Waals surface area contributed by atoms with Crippen molar-refractivity contribution in [2.75, 3.05) is 26.2 Å². The second-order valence-corrected chi connectivity index (χ2v) is 12.3. The summed E-state index contributed by atoms with van der Waals surface area (Å²) in [6.45, 7) is 4.43. The number of β-amino-alcohol motifs (C(OH)–C–C–N with tert-alkyl or cyclic N) is 1. The van der Waals surface area contributed by atoms with E-state index in [0.717, 1.165) is 40.0 Å². The summed E-state index contributed by atoms with van der Waals surface area (Å²) in [5.74, 6) is 0.232. The summed E-state index contributed by atoms with van der Waals surface area (Å²) in [4.78, 5) is 30.8. The smallest absolute Gasteiger partial charge is 0.224 e. The monoisotopic (exact) mass is 595 g/mol. The number of benzene rings is 3. The molecular weight excluding hydrogens is 554 g/mol. The fourth-order valence-electron chi connectivity index (χ4n) is 6.83. The number of carbonyl (C=O) groups is 2. The van der Waals surface area contributed by atoms with Gasteiger partial charge >= 0.3 is 0 Å². The van der Waals surface area contributed by atoms with Gasteiger partial charge in [0.05, 0.1) is 30.8 Å². The molecule has 0 spiro atoms. The zero-order valence-corrected chi connectivity index (χ0v) is 25.1. The maximum atomic E-state index is 13.7. The minimum atomic E-state index is -0.806. The topological polar surface area (TPSA) is 106 Å². The Kier molecular flexibility index (Phi) is 9.23. The normalized spacial score (nSPS) is 22.0. The lowest BCUT2D eigenvalue weighted by atomic mass is 9.91. The van der Waals surface area contributed by atoms with Crippen LogP contribution in [0.15, 0.2) is 89.3 Å². The van der Waals surface area contributed by atoms with Crippen molar-refractivity contribution in [3.63, 3.8) is 0 Å². The predicted octanol–water partition coefficient (Wildman–Crippen LogP) is 3.89. The van der Waals surface area contributed by atoms with Crippen molar-refractivity contribution in [1.29, 1.82) is 0 Å². The highest BCUT2D eigenvalue weighted by Gasteiger charge is 2.36. The number of rotatable bonds is 11. The summed E-state index contributed by atoms with van der Waals surface area (Å²) in [6, 6.07) is 26.7. The Morgan fingerprint density at radius 1 is 1.00 bits per heavy atom. The fourth-order valence-corrected chi connectivity index (χ4v) is 6.83. The summed E-state index contributed by atoms with van der Waals surface area (Å²) in [6.07, 6.45) is -0.281. The number of furan rings is 1. The van der Waals surface area contributed by atoms with Gasteiger partial charge in [0.25, 0.3) is 0 Å². The van der Waals surface area contributed by atoms with Crippen molar-refractivity contribution >= 4 is 22.7 Å². The van der Waals surface area contributed by atoms with Crippen LogP contribution in [-0.2, 0) is 29.0 Å². The molecule has 230 valence electrons. The first-order valence-corrected chi connectivity index (χ1v) is 15.6. The number of fused-ring (bicyclic) bond motifs is 2. The van der Waals surface area contributed by atoms with Gasteiger partial charge in [0.15, 0.2) is 0 Å². The van der Waals surface area contributed by atoms with Gasteiger partial charge in [-0.3, -0.25) is 19.4 Å². The molecule has 6 rings (SSSR count). The van der Waals surface area contributed by atoms with E-state index in [1.54, 1.807) is 6.92 Å². The van der Waals surface area contributed by atoms with Gasteiger partial charge in [-0.2, -0.15) is 0 Å². The number of para-hydroxylation sites is 1. The summed E-state index contributed by atoms with van der Waals surface area (Å²) in [5.41, 5.74) is 3.85. The molecule has 44 heavy (non-hydrogen) atoms. The second-order valence-electron chi connectivity index (χ2n) is 12.3. The molecule has 2 aliphatic rings. The lowest BCUT2D eigenvalue weighted by molar-refractivity contribution is -0.129. The van der Waals surface area contributed by atoms with Gasteiger partial charge < -0.3 is 19.9 Å². The molecule has 1 aliphatic carbocycles. The average molecular weight is 596 g/mol. The van der Waals surface area contributed by atoms with E-state index in [0.29, 0.717) is 39.0 Å². The van der Waals surface area contributed by atoms with Crippen LogP contribution in [0.4, 0.5) is 0 Å². The molecular formula is C36H41N3O5. The Hall–Kier alpha value is -3.82. The van der Waals surface area contributed by atoms with E-state index in [2.05, 4.69) is 21.2 Å². The van der Waals surface area contributed by atoms with Crippen molar-refractivity contribution in [3.8, 4) is 0 Å². The molecule has 0 bridgehead atoms. The fraction of sp³-hybridized carbons (Fsp3) is 0.389. The highest BCUT2D eigenvalue weighted by Crippen LogP contribution is 2.32. The van der Waals surface area contributed by atoms with Crippen LogP contribution in [0, 0.1) is 5.92 Å². The van der Waals surface area contributed by atoms with Gasteiger partial charge in [-0.05, 0) is 48.6 Å². The Balaban J connectivity index is 1.11. The molecule has 0 radical (unpaired) electrons. The number of nitrogens with zero attached hydrogens (tertiary/aromatic N) is 2. The number of hydrogen-bond donors (Lipinski definition) is 3. The van der Waals surface area contributed by atoms with Crippen LogP contribution in [-0.4, -0.2) is 76.1 Å². The lowest BCUT2D eigenvalue weighted by Crippen LogP contribution is -2.57. The number of amides is 1. The van der Waals surface area contributed by atoms with Crippen LogP contribution in [0.25, 0.3) is 11.0 Å². The summed E-state index contributed by atoms with van der Waals surface area (Å²) in [5, 5.41) is 26.2. The number of carbonyl (C=O) groups excluding carboxylic acids is 2. The minimum Gasteiger partial charge on any atom is -0.460 e. The molecule has 1 saturated heterocycles. The molecule has 3 N–H and O–H groups in total. The zero-order chi connectivity index (χ0) is 30.6. The quantitative estimate of drug-likeness (QED) is 0.242. The number of ketones is 1. The molecule has 3 aromatic carbocycles. The largest absolute Gasteiger partial charge is 0.460 e. The standard InChI is InChI=1S/C36H41N3O5/c1-24(40)32-23-38(22-30-19-27-12-6-8-14-34(27)44-30)15-16-39(32)21-29(41)18-28(17-25-9-3-2-4-10-25)36(43)37-35-31-13-7-5-11-26(31)20-33(35)42/h2-14,19,28-29,32-33,35,41-42H,15-18,20-23H2,1H3,(H,37,43). The maximum absolute atomic E-state index is 13.7. The van der Waals surface area contributed by atoms with Crippen molar-refractivity contribution in [2.45, 2.75) is 57.0 Å². The van der Waals surface area contributed by atoms with E-state index in [4.69, 9.17) is 4.42 Å². The second kappa shape index (κ2) is 13.4. The molecule has 1 aromatic heterocycles. The van der Waals surface area contributed by atoms with E-state index in [1.165, 1.54) is 0 Å². The molecule has 1 aliphatic heterocycles. The van der Waals surface area contributed by atoms with E-state index in [-0.39, 0.29) is 24.2 Å². The minimum absolute atomic E-state index is 0.0546. The first kappa shape index (κ1) is 30.2. The third-order valence-electron chi connectivity index (χ3n) is 9.10. The SMILES string of the molecule is CC(=O)C1CN(Cc2cc3ccccc3o2)CCN1CC(O)CC(Cc1ccccc1)C(=O)NC1c2ccccc2CC1O. The van der Waals surface area contributed by atoms with Crippen LogP contribution >= 0.6 is 0 Å². The Bertz CT molecular complexity index is 1550. The molecule has 2 heterocycles. The Morgan fingerprint density at radius 3 is 2.55 bits per heavy atom. The van der Waals surface area contributed by atoms with Crippen LogP contribution < -0.4 is 5.32 Å². The van der Waals surface area contributed by atoms with Crippen molar-refractivity contribution in [3.05, 3.63) is 107 Å². The average Bonchev–Trinajstić information content (AvgIpc) is 3.57. The number of piperazine rings is 1. The van der Waals surface area contributed by atoms with Gasteiger partial charge in [0.1, 0.15) is 17.1 Å². The van der Waals surface area contributed by atoms with Gasteiger partial charge in [0, 0.05) is 43.9 Å². The van der Waals surface area contributed by atoms with E-state index in [9.17, 15) is 19.8 Å². The Morgan fingerprint density at radius 2 is 1.75 bits per heavy atom. The van der Waals surface area contributed by atoms with Crippen LogP contribution in [0.5, 0.6) is 0 Å². The highest BCUT2D eigenvalue weighted by atomic mass is 16.3. The van der Waals surface area contributed by atoms with Gasteiger partial charge in [0.2, 0.25) is 5.91 Å². The molecule has 8 nitrogen and oxygen atoms in total. The Labute approximate surface area is 258 Å². The molecule has 8 heteroatoms. The van der Waals surface area contributed by atoms with Crippen molar-refractivity contribution in [2.24, 2.45) is 5.92 Å². The molecule has 5 unspecified atom stereocenters. The lowest BCUT2D eigenvalue weighted by Gasteiger charge is -2.41. The van der Waals surface area contributed by atoms with Gasteiger partial charge in [-0.15, -0.1) is 0 Å². The number of nitrogens with one attached hydrogen (secondary N) is 1. The number of aliphatic hydroxyl groups is 2. The first-order valence-electron chi connectivity index (χ1n) is 15.6. The van der Waals surface area contributed by atoms with Crippen molar-refractivity contribution < 1.29 is 24.2 Å². The summed E-state index contributed by atoms with van der Waals surface area (Å²) in [7, 11) is 0. The maximum Gasteiger partial charge on any atom is 0.224 e. The van der Waals surface area contributed by atoms with E-state index >= 15 is 0 Å². The highest BCUT2D eigenvalue weighted by molar-refractivity contribution is 5.82. The predicted molar refractivity (Wildman–Crippen MR) is 169 cm³/mol. The first-order chi connectivity index (χ1) is 21.3.